The maximum atomic E-state index is 13.5. The fourth-order valence-electron chi connectivity index (χ4n) is 3.96. The van der Waals surface area contributed by atoms with E-state index in [4.69, 9.17) is 23.2 Å². The van der Waals surface area contributed by atoms with Crippen LogP contribution in [0.4, 0.5) is 5.69 Å². The Kier molecular flexibility index (Phi) is 11.1. The van der Waals surface area contributed by atoms with Crippen LogP contribution in [0.3, 0.4) is 0 Å². The zero-order valence-electron chi connectivity index (χ0n) is 21.4. The molecule has 0 heterocycles. The second kappa shape index (κ2) is 13.3. The van der Waals surface area contributed by atoms with Crippen LogP contribution in [0.2, 0.25) is 10.0 Å². The van der Waals surface area contributed by atoms with Gasteiger partial charge in [0.1, 0.15) is 6.04 Å². The van der Waals surface area contributed by atoms with Gasteiger partial charge >= 0.3 is 0 Å². The lowest BCUT2D eigenvalue weighted by atomic mass is 10.1. The van der Waals surface area contributed by atoms with Crippen LogP contribution in [0.15, 0.2) is 42.5 Å². The van der Waals surface area contributed by atoms with E-state index in [9.17, 15) is 18.0 Å². The average Bonchev–Trinajstić information content (AvgIpc) is 2.77. The summed E-state index contributed by atoms with van der Waals surface area (Å²) in [7, 11) is -3.55. The molecule has 0 bridgehead atoms. The van der Waals surface area contributed by atoms with Crippen molar-refractivity contribution in [1.29, 1.82) is 0 Å². The maximum absolute atomic E-state index is 13.5. The summed E-state index contributed by atoms with van der Waals surface area (Å²) in [4.78, 5) is 27.9. The summed E-state index contributed by atoms with van der Waals surface area (Å²) in [6.45, 7) is 7.68. The molecule has 1 N–H and O–H groups in total. The summed E-state index contributed by atoms with van der Waals surface area (Å²) in [5.74, 6) is -0.506. The van der Waals surface area contributed by atoms with Gasteiger partial charge in [-0.15, -0.1) is 0 Å². The van der Waals surface area contributed by atoms with E-state index in [0.29, 0.717) is 27.7 Å². The Morgan fingerprint density at radius 1 is 1.08 bits per heavy atom. The number of hydrogen-bond donors (Lipinski definition) is 1. The van der Waals surface area contributed by atoms with Crippen LogP contribution < -0.4 is 9.62 Å². The Morgan fingerprint density at radius 2 is 1.75 bits per heavy atom. The van der Waals surface area contributed by atoms with Crippen molar-refractivity contribution >= 4 is 50.7 Å². The lowest BCUT2D eigenvalue weighted by Crippen LogP contribution is -2.50. The molecule has 1 atom stereocenters. The van der Waals surface area contributed by atoms with Crippen molar-refractivity contribution in [3.05, 3.63) is 63.6 Å². The summed E-state index contributed by atoms with van der Waals surface area (Å²) in [6.07, 6.45) is 1.91. The van der Waals surface area contributed by atoms with Crippen molar-refractivity contribution in [2.75, 3.05) is 17.1 Å². The van der Waals surface area contributed by atoms with Crippen molar-refractivity contribution in [2.24, 2.45) is 0 Å². The van der Waals surface area contributed by atoms with Gasteiger partial charge in [-0.3, -0.25) is 13.9 Å². The normalized spacial score (nSPS) is 12.3. The van der Waals surface area contributed by atoms with E-state index in [1.54, 1.807) is 30.3 Å². The van der Waals surface area contributed by atoms with E-state index in [0.717, 1.165) is 11.8 Å². The maximum Gasteiger partial charge on any atom is 0.243 e. The fourth-order valence-corrected chi connectivity index (χ4v) is 5.45. The molecule has 7 nitrogen and oxygen atoms in total. The lowest BCUT2D eigenvalue weighted by Gasteiger charge is -2.32. The number of aryl methyl sites for hydroxylation is 1. The zero-order chi connectivity index (χ0) is 27.0. The van der Waals surface area contributed by atoms with E-state index in [1.165, 1.54) is 9.21 Å². The molecule has 0 aliphatic heterocycles. The first-order valence-electron chi connectivity index (χ1n) is 11.9. The number of carbonyl (C=O) groups excluding carboxylic acids is 2. The smallest absolute Gasteiger partial charge is 0.243 e. The van der Waals surface area contributed by atoms with Gasteiger partial charge in [-0.2, -0.15) is 0 Å². The molecule has 0 aliphatic rings. The number of amides is 2. The van der Waals surface area contributed by atoms with Crippen LogP contribution >= 0.6 is 23.2 Å². The number of sulfonamides is 1. The summed E-state index contributed by atoms with van der Waals surface area (Å²) in [5, 5.41) is 3.77. The second-order valence-electron chi connectivity index (χ2n) is 9.07. The van der Waals surface area contributed by atoms with Gasteiger partial charge in [0, 0.05) is 35.6 Å². The van der Waals surface area contributed by atoms with Crippen LogP contribution in [-0.2, 0) is 26.2 Å². The summed E-state index contributed by atoms with van der Waals surface area (Å²) in [5.41, 5.74) is 2.08. The largest absolute Gasteiger partial charge is 0.352 e. The van der Waals surface area contributed by atoms with Gasteiger partial charge in [0.25, 0.3) is 0 Å². The Hall–Kier alpha value is -2.29. The monoisotopic (exact) mass is 555 g/mol. The standard InChI is InChI=1S/C26H35Cl2N3O4S/c1-6-23(26(33)29-18(2)3)30(17-20-13-14-21(27)16-22(20)28)25(32)12-9-15-31(36(5,34)35)24-11-8-7-10-19(24)4/h7-8,10-11,13-14,16,18,23H,6,9,12,15,17H2,1-5H3,(H,29,33)/t23-/m0/s1. The first kappa shape index (κ1) is 29.9. The van der Waals surface area contributed by atoms with Crippen molar-refractivity contribution in [3.8, 4) is 0 Å². The highest BCUT2D eigenvalue weighted by atomic mass is 35.5. The van der Waals surface area contributed by atoms with Crippen LogP contribution in [0.1, 0.15) is 51.2 Å². The van der Waals surface area contributed by atoms with Crippen molar-refractivity contribution in [3.63, 3.8) is 0 Å². The number of nitrogens with one attached hydrogen (secondary N) is 1. The molecule has 0 aromatic heterocycles. The van der Waals surface area contributed by atoms with Gasteiger partial charge in [0.05, 0.1) is 11.9 Å². The molecule has 0 aliphatic carbocycles. The molecule has 2 aromatic rings. The van der Waals surface area contributed by atoms with E-state index in [1.807, 2.05) is 39.8 Å². The SMILES string of the molecule is CC[C@@H](C(=O)NC(C)C)N(Cc1ccc(Cl)cc1Cl)C(=O)CCCN(c1ccccc1C)S(C)(=O)=O. The van der Waals surface area contributed by atoms with Crippen molar-refractivity contribution in [2.45, 2.75) is 65.6 Å². The Morgan fingerprint density at radius 3 is 2.31 bits per heavy atom. The molecule has 36 heavy (non-hydrogen) atoms. The molecule has 2 amide bonds. The third-order valence-corrected chi connectivity index (χ3v) is 7.48. The first-order valence-corrected chi connectivity index (χ1v) is 14.5. The van der Waals surface area contributed by atoms with Gasteiger partial charge in [0.2, 0.25) is 21.8 Å². The van der Waals surface area contributed by atoms with Crippen LogP contribution in [0.5, 0.6) is 0 Å². The van der Waals surface area contributed by atoms with E-state index >= 15 is 0 Å². The highest BCUT2D eigenvalue weighted by Crippen LogP contribution is 2.25. The summed E-state index contributed by atoms with van der Waals surface area (Å²) >= 11 is 12.4. The molecular formula is C26H35Cl2N3O4S. The molecular weight excluding hydrogens is 521 g/mol. The molecule has 0 spiro atoms. The van der Waals surface area contributed by atoms with Crippen molar-refractivity contribution in [1.82, 2.24) is 10.2 Å². The first-order chi connectivity index (χ1) is 16.8. The number of para-hydroxylation sites is 1. The predicted molar refractivity (Wildman–Crippen MR) is 147 cm³/mol. The van der Waals surface area contributed by atoms with Crippen molar-refractivity contribution < 1.29 is 18.0 Å². The summed E-state index contributed by atoms with van der Waals surface area (Å²) in [6, 6.07) is 11.5. The van der Waals surface area contributed by atoms with E-state index in [-0.39, 0.29) is 43.8 Å². The number of halogens is 2. The predicted octanol–water partition coefficient (Wildman–Crippen LogP) is 5.18. The van der Waals surface area contributed by atoms with Crippen LogP contribution in [0.25, 0.3) is 0 Å². The van der Waals surface area contributed by atoms with Gasteiger partial charge < -0.3 is 10.2 Å². The number of hydrogen-bond acceptors (Lipinski definition) is 4. The zero-order valence-corrected chi connectivity index (χ0v) is 23.8. The number of rotatable bonds is 12. The minimum absolute atomic E-state index is 0.0641. The minimum atomic E-state index is -3.55. The molecule has 0 fully saturated rings. The third-order valence-electron chi connectivity index (χ3n) is 5.71. The highest BCUT2D eigenvalue weighted by Gasteiger charge is 2.29. The Bertz CT molecular complexity index is 1170. The molecule has 0 radical (unpaired) electrons. The molecule has 198 valence electrons. The van der Waals surface area contributed by atoms with Crippen LogP contribution in [0, 0.1) is 6.92 Å². The molecule has 0 saturated carbocycles. The van der Waals surface area contributed by atoms with Crippen LogP contribution in [-0.4, -0.2) is 50.0 Å². The molecule has 2 aromatic carbocycles. The molecule has 0 unspecified atom stereocenters. The highest BCUT2D eigenvalue weighted by molar-refractivity contribution is 7.92. The Balaban J connectivity index is 2.27. The quantitative estimate of drug-likeness (QED) is 0.391. The molecule has 10 heteroatoms. The van der Waals surface area contributed by atoms with Gasteiger partial charge in [-0.1, -0.05) is 54.4 Å². The fraction of sp³-hybridized carbons (Fsp3) is 0.462. The van der Waals surface area contributed by atoms with Gasteiger partial charge in [-0.05, 0) is 62.9 Å². The average molecular weight is 557 g/mol. The van der Waals surface area contributed by atoms with Gasteiger partial charge in [0.15, 0.2) is 0 Å². The van der Waals surface area contributed by atoms with E-state index < -0.39 is 16.1 Å². The minimum Gasteiger partial charge on any atom is -0.352 e. The lowest BCUT2D eigenvalue weighted by molar-refractivity contribution is -0.141. The van der Waals surface area contributed by atoms with E-state index in [2.05, 4.69) is 5.32 Å². The Labute approximate surface area is 224 Å². The topological polar surface area (TPSA) is 86.8 Å². The number of carbonyl (C=O) groups is 2. The molecule has 0 saturated heterocycles. The summed E-state index contributed by atoms with van der Waals surface area (Å²) < 4.78 is 26.3. The third kappa shape index (κ3) is 8.39. The number of anilines is 1. The second-order valence-corrected chi connectivity index (χ2v) is 11.8. The van der Waals surface area contributed by atoms with Gasteiger partial charge in [-0.25, -0.2) is 8.42 Å². The molecule has 2 rings (SSSR count). The number of nitrogens with zero attached hydrogens (tertiary/aromatic N) is 2. The number of benzene rings is 2.